The lowest BCUT2D eigenvalue weighted by molar-refractivity contribution is 0.497. The van der Waals surface area contributed by atoms with Crippen LogP contribution in [0.1, 0.15) is 11.3 Å². The molecule has 0 atom stereocenters. The van der Waals surface area contributed by atoms with Crippen LogP contribution in [0.2, 0.25) is 0 Å². The Bertz CT molecular complexity index is 653. The molecule has 0 unspecified atom stereocenters. The van der Waals surface area contributed by atoms with Crippen LogP contribution in [0.25, 0.3) is 11.0 Å². The summed E-state index contributed by atoms with van der Waals surface area (Å²) in [6.07, 6.45) is 1.66. The predicted molar refractivity (Wildman–Crippen MR) is 66.7 cm³/mol. The fourth-order valence-corrected chi connectivity index (χ4v) is 2.03. The molecule has 0 radical (unpaired) electrons. The second kappa shape index (κ2) is 3.66. The zero-order valence-corrected chi connectivity index (χ0v) is 9.55. The van der Waals surface area contributed by atoms with E-state index in [1.165, 1.54) is 0 Å². The van der Waals surface area contributed by atoms with E-state index in [9.17, 15) is 0 Å². The molecule has 4 heteroatoms. The third kappa shape index (κ3) is 1.58. The van der Waals surface area contributed by atoms with E-state index in [0.717, 1.165) is 22.4 Å². The maximum atomic E-state index is 5.95. The van der Waals surface area contributed by atoms with Gasteiger partial charge in [-0.05, 0) is 30.7 Å². The fourth-order valence-electron chi connectivity index (χ4n) is 2.03. The number of benzene rings is 1. The molecule has 0 fully saturated rings. The average Bonchev–Trinajstić information content (AvgIpc) is 2.91. The summed E-state index contributed by atoms with van der Waals surface area (Å²) in [5, 5.41) is 0. The van der Waals surface area contributed by atoms with Crippen LogP contribution in [0.4, 0.5) is 5.95 Å². The average molecular weight is 227 g/mol. The molecule has 3 rings (SSSR count). The summed E-state index contributed by atoms with van der Waals surface area (Å²) in [5.74, 6) is 1.39. The van der Waals surface area contributed by atoms with Gasteiger partial charge in [-0.25, -0.2) is 4.98 Å². The van der Waals surface area contributed by atoms with E-state index < -0.39 is 0 Å². The Morgan fingerprint density at radius 2 is 2.18 bits per heavy atom. The van der Waals surface area contributed by atoms with E-state index in [0.29, 0.717) is 12.5 Å². The standard InChI is InChI=1S/C13H13N3O/c1-9-4-2-6-11-12(9)15-13(14)16(11)8-10-5-3-7-17-10/h2-7H,8H2,1H3,(H2,14,15). The van der Waals surface area contributed by atoms with Crippen LogP contribution in [0.15, 0.2) is 41.0 Å². The Hall–Kier alpha value is -2.23. The minimum absolute atomic E-state index is 0.519. The van der Waals surface area contributed by atoms with Gasteiger partial charge in [0.1, 0.15) is 5.76 Å². The van der Waals surface area contributed by atoms with Gasteiger partial charge in [-0.1, -0.05) is 12.1 Å². The molecule has 1 aromatic carbocycles. The number of aryl methyl sites for hydroxylation is 1. The van der Waals surface area contributed by atoms with Gasteiger partial charge in [0.2, 0.25) is 5.95 Å². The Labute approximate surface area is 98.7 Å². The highest BCUT2D eigenvalue weighted by atomic mass is 16.3. The van der Waals surface area contributed by atoms with Gasteiger partial charge >= 0.3 is 0 Å². The summed E-state index contributed by atoms with van der Waals surface area (Å²) < 4.78 is 7.30. The molecule has 0 amide bonds. The van der Waals surface area contributed by atoms with E-state index in [1.54, 1.807) is 6.26 Å². The molecule has 2 heterocycles. The number of para-hydroxylation sites is 1. The summed E-state index contributed by atoms with van der Waals surface area (Å²) in [6, 6.07) is 9.87. The second-order valence-corrected chi connectivity index (χ2v) is 4.08. The molecule has 4 nitrogen and oxygen atoms in total. The molecule has 2 N–H and O–H groups in total. The first-order valence-corrected chi connectivity index (χ1v) is 5.49. The van der Waals surface area contributed by atoms with Crippen LogP contribution in [0.3, 0.4) is 0 Å². The first kappa shape index (κ1) is 9.96. The quantitative estimate of drug-likeness (QED) is 0.732. The van der Waals surface area contributed by atoms with Crippen LogP contribution in [0.5, 0.6) is 0 Å². The smallest absolute Gasteiger partial charge is 0.201 e. The monoisotopic (exact) mass is 227 g/mol. The zero-order valence-electron chi connectivity index (χ0n) is 9.55. The molecular weight excluding hydrogens is 214 g/mol. The molecule has 0 spiro atoms. The van der Waals surface area contributed by atoms with Crippen molar-refractivity contribution in [1.82, 2.24) is 9.55 Å². The molecule has 3 aromatic rings. The molecule has 2 aromatic heterocycles. The van der Waals surface area contributed by atoms with E-state index in [-0.39, 0.29) is 0 Å². The number of nitrogens with two attached hydrogens (primary N) is 1. The number of nitrogens with zero attached hydrogens (tertiary/aromatic N) is 2. The largest absolute Gasteiger partial charge is 0.467 e. The lowest BCUT2D eigenvalue weighted by atomic mass is 10.2. The van der Waals surface area contributed by atoms with Crippen molar-refractivity contribution in [2.75, 3.05) is 5.73 Å². The van der Waals surface area contributed by atoms with Gasteiger partial charge in [-0.2, -0.15) is 0 Å². The van der Waals surface area contributed by atoms with Crippen LogP contribution in [-0.2, 0) is 6.54 Å². The van der Waals surface area contributed by atoms with Crippen molar-refractivity contribution >= 4 is 17.0 Å². The minimum atomic E-state index is 0.519. The summed E-state index contributed by atoms with van der Waals surface area (Å²) in [5.41, 5.74) is 9.08. The SMILES string of the molecule is Cc1cccc2c1nc(N)n2Cc1ccco1. The summed E-state index contributed by atoms with van der Waals surface area (Å²) in [4.78, 5) is 4.39. The Kier molecular flexibility index (Phi) is 2.14. The van der Waals surface area contributed by atoms with Crippen molar-refractivity contribution < 1.29 is 4.42 Å². The molecule has 0 aliphatic heterocycles. The first-order valence-electron chi connectivity index (χ1n) is 5.49. The van der Waals surface area contributed by atoms with Gasteiger partial charge < -0.3 is 14.7 Å². The van der Waals surface area contributed by atoms with Gasteiger partial charge in [-0.15, -0.1) is 0 Å². The molecule has 0 saturated carbocycles. The maximum absolute atomic E-state index is 5.95. The predicted octanol–water partition coefficient (Wildman–Crippen LogP) is 2.57. The number of rotatable bonds is 2. The van der Waals surface area contributed by atoms with Crippen molar-refractivity contribution in [2.45, 2.75) is 13.5 Å². The first-order chi connectivity index (χ1) is 8.25. The van der Waals surface area contributed by atoms with Gasteiger partial charge in [0.25, 0.3) is 0 Å². The maximum Gasteiger partial charge on any atom is 0.201 e. The molecule has 0 bridgehead atoms. The summed E-state index contributed by atoms with van der Waals surface area (Å²) >= 11 is 0. The number of hydrogen-bond acceptors (Lipinski definition) is 3. The van der Waals surface area contributed by atoms with Crippen molar-refractivity contribution in [3.8, 4) is 0 Å². The molecule has 17 heavy (non-hydrogen) atoms. The Morgan fingerprint density at radius 3 is 2.94 bits per heavy atom. The van der Waals surface area contributed by atoms with Crippen LogP contribution >= 0.6 is 0 Å². The van der Waals surface area contributed by atoms with Crippen molar-refractivity contribution in [2.24, 2.45) is 0 Å². The Balaban J connectivity index is 2.16. The van der Waals surface area contributed by atoms with Gasteiger partial charge in [0.15, 0.2) is 0 Å². The minimum Gasteiger partial charge on any atom is -0.467 e. The highest BCUT2D eigenvalue weighted by molar-refractivity contribution is 5.81. The van der Waals surface area contributed by atoms with E-state index >= 15 is 0 Å². The van der Waals surface area contributed by atoms with E-state index in [4.69, 9.17) is 10.2 Å². The molecule has 0 saturated heterocycles. The van der Waals surface area contributed by atoms with Crippen LogP contribution in [0, 0.1) is 6.92 Å². The normalized spacial score (nSPS) is 11.1. The number of anilines is 1. The van der Waals surface area contributed by atoms with Crippen molar-refractivity contribution in [3.05, 3.63) is 47.9 Å². The Morgan fingerprint density at radius 1 is 1.29 bits per heavy atom. The molecule has 0 aliphatic carbocycles. The van der Waals surface area contributed by atoms with E-state index in [2.05, 4.69) is 4.98 Å². The lowest BCUT2D eigenvalue weighted by Crippen LogP contribution is -2.03. The van der Waals surface area contributed by atoms with Gasteiger partial charge in [0, 0.05) is 0 Å². The highest BCUT2D eigenvalue weighted by Gasteiger charge is 2.10. The van der Waals surface area contributed by atoms with Crippen molar-refractivity contribution in [3.63, 3.8) is 0 Å². The highest BCUT2D eigenvalue weighted by Crippen LogP contribution is 2.22. The number of hydrogen-bond donors (Lipinski definition) is 1. The fraction of sp³-hybridized carbons (Fsp3) is 0.154. The zero-order chi connectivity index (χ0) is 11.8. The molecular formula is C13H13N3O. The van der Waals surface area contributed by atoms with Crippen molar-refractivity contribution in [1.29, 1.82) is 0 Å². The third-order valence-electron chi connectivity index (χ3n) is 2.90. The third-order valence-corrected chi connectivity index (χ3v) is 2.90. The topological polar surface area (TPSA) is 57.0 Å². The summed E-state index contributed by atoms with van der Waals surface area (Å²) in [6.45, 7) is 2.64. The van der Waals surface area contributed by atoms with Crippen LogP contribution in [-0.4, -0.2) is 9.55 Å². The van der Waals surface area contributed by atoms with Gasteiger partial charge in [-0.3, -0.25) is 0 Å². The molecule has 86 valence electrons. The van der Waals surface area contributed by atoms with E-state index in [1.807, 2.05) is 41.8 Å². The number of imidazole rings is 1. The van der Waals surface area contributed by atoms with Gasteiger partial charge in [0.05, 0.1) is 23.8 Å². The number of fused-ring (bicyclic) bond motifs is 1. The second-order valence-electron chi connectivity index (χ2n) is 4.08. The number of nitrogen functional groups attached to an aromatic ring is 1. The lowest BCUT2D eigenvalue weighted by Gasteiger charge is -2.03. The number of furan rings is 1. The molecule has 0 aliphatic rings. The van der Waals surface area contributed by atoms with Crippen LogP contribution < -0.4 is 5.73 Å². The summed E-state index contributed by atoms with van der Waals surface area (Å²) in [7, 11) is 0. The number of aromatic nitrogens is 2.